The molecule has 11 heteroatoms. The van der Waals surface area contributed by atoms with E-state index in [0.29, 0.717) is 20.7 Å². The maximum absolute atomic E-state index is 12.7. The molecule has 1 heterocycles. The van der Waals surface area contributed by atoms with Gasteiger partial charge in [-0.3, -0.25) is 5.01 Å². The van der Waals surface area contributed by atoms with Crippen LogP contribution in [-0.2, 0) is 11.9 Å². The summed E-state index contributed by atoms with van der Waals surface area (Å²) in [5, 5.41) is 15.4. The molecule has 2 rings (SSSR count). The van der Waals surface area contributed by atoms with Crippen molar-refractivity contribution < 1.29 is 13.2 Å². The van der Waals surface area contributed by atoms with Crippen LogP contribution in [0.4, 0.5) is 13.2 Å². The average molecular weight is 420 g/mol. The number of likely N-dealkylation sites (N-methyl/N-ethyl adjacent to an activating group) is 1. The first kappa shape index (κ1) is 20.4. The number of hydrogen-bond acceptors (Lipinski definition) is 7. The highest BCUT2D eigenvalue weighted by atomic mass is 35.5. The molecule has 0 amide bonds. The Morgan fingerprint density at radius 2 is 2.19 bits per heavy atom. The van der Waals surface area contributed by atoms with Crippen LogP contribution in [0.3, 0.4) is 0 Å². The van der Waals surface area contributed by atoms with E-state index in [4.69, 9.17) is 28.3 Å². The highest BCUT2D eigenvalue weighted by molar-refractivity contribution is 8.40. The van der Waals surface area contributed by atoms with Crippen molar-refractivity contribution in [2.45, 2.75) is 11.9 Å². The van der Waals surface area contributed by atoms with Gasteiger partial charge in [0.1, 0.15) is 5.16 Å². The van der Waals surface area contributed by atoms with Crippen LogP contribution in [0.1, 0.15) is 16.7 Å². The first-order valence-corrected chi connectivity index (χ1v) is 9.15. The molecule has 0 aromatic heterocycles. The summed E-state index contributed by atoms with van der Waals surface area (Å²) in [6.45, 7) is 0. The number of nitrogens with two attached hydrogens (primary N) is 2. The fourth-order valence-corrected chi connectivity index (χ4v) is 4.12. The van der Waals surface area contributed by atoms with Gasteiger partial charge >= 0.3 is 6.18 Å². The highest BCUT2D eigenvalue weighted by Gasteiger charge is 2.31. The molecular weight excluding hydrogens is 407 g/mol. The van der Waals surface area contributed by atoms with Crippen LogP contribution in [0.2, 0.25) is 0 Å². The predicted octanol–water partition coefficient (Wildman–Crippen LogP) is 3.93. The molecule has 1 aromatic carbocycles. The molecule has 0 spiro atoms. The summed E-state index contributed by atoms with van der Waals surface area (Å²) in [7, 11) is 1.66. The van der Waals surface area contributed by atoms with Gasteiger partial charge in [0, 0.05) is 18.9 Å². The molecule has 0 saturated heterocycles. The zero-order valence-corrected chi connectivity index (χ0v) is 15.7. The molecule has 1 aliphatic heterocycles. The normalized spacial score (nSPS) is 15.8. The molecule has 0 unspecified atom stereocenters. The van der Waals surface area contributed by atoms with Crippen molar-refractivity contribution in [2.75, 3.05) is 7.05 Å². The largest absolute Gasteiger partial charge is 0.416 e. The Bertz CT molecular complexity index is 839. The van der Waals surface area contributed by atoms with Gasteiger partial charge in [-0.25, -0.2) is 0 Å². The zero-order chi connectivity index (χ0) is 19.5. The monoisotopic (exact) mass is 419 g/mol. The summed E-state index contributed by atoms with van der Waals surface area (Å²) in [6, 6.07) is 4.90. The number of hydrogen-bond donors (Lipinski definition) is 2. The van der Waals surface area contributed by atoms with Gasteiger partial charge in [0.25, 0.3) is 0 Å². The predicted molar refractivity (Wildman–Crippen MR) is 99.6 cm³/mol. The van der Waals surface area contributed by atoms with Crippen molar-refractivity contribution in [3.8, 4) is 6.07 Å². The minimum atomic E-state index is -4.49. The average Bonchev–Trinajstić information content (AvgIpc) is 2.55. The van der Waals surface area contributed by atoms with Crippen molar-refractivity contribution in [3.63, 3.8) is 0 Å². The molecule has 0 bridgehead atoms. The standard InChI is InChI=1S/C15H13ClF3N5S2/c1-24-11(5-12(16)21)13(22)26-14(23-24)25-7-8-2-3-10(15(17,18)19)4-9(8)6-20/h2-5H,7,21-22H2,1H3/b12-5-. The third kappa shape index (κ3) is 5.03. The van der Waals surface area contributed by atoms with Crippen LogP contribution in [-0.4, -0.2) is 16.4 Å². The van der Waals surface area contributed by atoms with Crippen LogP contribution >= 0.6 is 35.1 Å². The van der Waals surface area contributed by atoms with E-state index in [2.05, 4.69) is 5.10 Å². The second-order valence-corrected chi connectivity index (χ2v) is 7.73. The van der Waals surface area contributed by atoms with Gasteiger partial charge in [0.05, 0.1) is 27.9 Å². The molecule has 1 aliphatic rings. The van der Waals surface area contributed by atoms with E-state index in [1.165, 1.54) is 40.7 Å². The van der Waals surface area contributed by atoms with E-state index in [1.807, 2.05) is 0 Å². The lowest BCUT2D eigenvalue weighted by Crippen LogP contribution is -2.20. The number of nitrogens with zero attached hydrogens (tertiary/aromatic N) is 3. The lowest BCUT2D eigenvalue weighted by atomic mass is 10.1. The van der Waals surface area contributed by atoms with E-state index in [0.717, 1.165) is 12.1 Å². The van der Waals surface area contributed by atoms with E-state index < -0.39 is 11.7 Å². The summed E-state index contributed by atoms with van der Waals surface area (Å²) in [4.78, 5) is 0. The lowest BCUT2D eigenvalue weighted by Gasteiger charge is -2.23. The summed E-state index contributed by atoms with van der Waals surface area (Å²) >= 11 is 8.10. The Labute approximate surface area is 161 Å². The number of thioether (sulfide) groups is 2. The Morgan fingerprint density at radius 1 is 1.50 bits per heavy atom. The molecule has 138 valence electrons. The topological polar surface area (TPSA) is 91.4 Å². The third-order valence-corrected chi connectivity index (χ3v) is 5.40. The first-order chi connectivity index (χ1) is 12.1. The van der Waals surface area contributed by atoms with Gasteiger partial charge < -0.3 is 11.5 Å². The van der Waals surface area contributed by atoms with Crippen molar-refractivity contribution in [2.24, 2.45) is 16.6 Å². The molecule has 4 N–H and O–H groups in total. The number of nitriles is 1. The molecule has 1 aromatic rings. The number of halogens is 4. The maximum atomic E-state index is 12.7. The van der Waals surface area contributed by atoms with Crippen molar-refractivity contribution in [1.29, 1.82) is 5.26 Å². The number of rotatable bonds is 3. The molecular formula is C15H13ClF3N5S2. The van der Waals surface area contributed by atoms with Crippen molar-refractivity contribution >= 4 is 39.5 Å². The van der Waals surface area contributed by atoms with Gasteiger partial charge in [-0.1, -0.05) is 29.4 Å². The number of allylic oxidation sites excluding steroid dienone is 1. The molecule has 5 nitrogen and oxygen atoms in total. The zero-order valence-electron chi connectivity index (χ0n) is 13.3. The molecule has 26 heavy (non-hydrogen) atoms. The highest BCUT2D eigenvalue weighted by Crippen LogP contribution is 2.34. The number of hydrazone groups is 1. The maximum Gasteiger partial charge on any atom is 0.416 e. The van der Waals surface area contributed by atoms with Crippen molar-refractivity contribution in [1.82, 2.24) is 5.01 Å². The van der Waals surface area contributed by atoms with Gasteiger partial charge in [-0.2, -0.15) is 23.5 Å². The Morgan fingerprint density at radius 3 is 2.73 bits per heavy atom. The smallest absolute Gasteiger partial charge is 0.391 e. The Hall–Kier alpha value is -1.96. The van der Waals surface area contributed by atoms with Crippen LogP contribution < -0.4 is 11.5 Å². The lowest BCUT2D eigenvalue weighted by molar-refractivity contribution is -0.137. The minimum absolute atomic E-state index is 0.0239. The van der Waals surface area contributed by atoms with Crippen LogP contribution in [0, 0.1) is 11.3 Å². The first-order valence-electron chi connectivity index (χ1n) is 6.97. The SMILES string of the molecule is CN1N=C(SCc2ccc(C(F)(F)F)cc2C#N)SC(N)=C1/C=C(\N)Cl. The van der Waals surface area contributed by atoms with Crippen LogP contribution in [0.15, 0.2) is 45.3 Å². The fourth-order valence-electron chi connectivity index (χ4n) is 1.98. The Balaban J connectivity index is 2.13. The summed E-state index contributed by atoms with van der Waals surface area (Å²) in [5.41, 5.74) is 11.5. The van der Waals surface area contributed by atoms with E-state index in [9.17, 15) is 13.2 Å². The van der Waals surface area contributed by atoms with E-state index >= 15 is 0 Å². The van der Waals surface area contributed by atoms with Gasteiger partial charge in [-0.15, -0.1) is 0 Å². The van der Waals surface area contributed by atoms with Crippen LogP contribution in [0.25, 0.3) is 0 Å². The van der Waals surface area contributed by atoms with Gasteiger partial charge in [-0.05, 0) is 29.5 Å². The molecule has 0 aliphatic carbocycles. The molecule has 0 radical (unpaired) electrons. The number of benzene rings is 1. The van der Waals surface area contributed by atoms with Crippen molar-refractivity contribution in [3.05, 3.63) is 56.8 Å². The van der Waals surface area contributed by atoms with E-state index in [-0.39, 0.29) is 16.5 Å². The summed E-state index contributed by atoms with van der Waals surface area (Å²) < 4.78 is 38.8. The van der Waals surface area contributed by atoms with Crippen LogP contribution in [0.5, 0.6) is 0 Å². The summed E-state index contributed by atoms with van der Waals surface area (Å²) in [6.07, 6.45) is -3.02. The molecule has 0 fully saturated rings. The molecule has 0 atom stereocenters. The Kier molecular flexibility index (Phi) is 6.39. The second-order valence-electron chi connectivity index (χ2n) is 5.04. The van der Waals surface area contributed by atoms with E-state index in [1.54, 1.807) is 13.1 Å². The number of alkyl halides is 3. The fraction of sp³-hybridized carbons (Fsp3) is 0.200. The van der Waals surface area contributed by atoms with Gasteiger partial charge in [0.15, 0.2) is 4.38 Å². The molecule has 0 saturated carbocycles. The minimum Gasteiger partial charge on any atom is -0.391 e. The van der Waals surface area contributed by atoms with Gasteiger partial charge in [0.2, 0.25) is 0 Å². The summed E-state index contributed by atoms with van der Waals surface area (Å²) in [5.74, 6) is 0.275. The second kappa shape index (κ2) is 8.16. The quantitative estimate of drug-likeness (QED) is 0.721. The third-order valence-electron chi connectivity index (χ3n) is 3.21.